The summed E-state index contributed by atoms with van der Waals surface area (Å²) in [7, 11) is 1.68. The first-order valence-electron chi connectivity index (χ1n) is 4.63. The fourth-order valence-corrected chi connectivity index (χ4v) is 1.65. The van der Waals surface area contributed by atoms with Crippen LogP contribution in [0, 0.1) is 6.92 Å². The Bertz CT molecular complexity index is 434. The van der Waals surface area contributed by atoms with E-state index in [1.807, 2.05) is 12.1 Å². The molecule has 0 aliphatic carbocycles. The molecule has 0 aliphatic rings. The lowest BCUT2D eigenvalue weighted by Gasteiger charge is -2.04. The van der Waals surface area contributed by atoms with Gasteiger partial charge in [0.1, 0.15) is 6.73 Å². The van der Waals surface area contributed by atoms with Crippen LogP contribution < -0.4 is 5.32 Å². The van der Waals surface area contributed by atoms with Crippen LogP contribution >= 0.6 is 0 Å². The molecule has 0 radical (unpaired) electrons. The molecule has 0 fully saturated rings. The minimum atomic E-state index is 0.530. The molecule has 0 amide bonds. The predicted octanol–water partition coefficient (Wildman–Crippen LogP) is 2.49. The van der Waals surface area contributed by atoms with Crippen LogP contribution in [0.5, 0.6) is 0 Å². The first-order valence-corrected chi connectivity index (χ1v) is 4.63. The Kier molecular flexibility index (Phi) is 2.41. The molecular weight excluding hydrogens is 176 g/mol. The summed E-state index contributed by atoms with van der Waals surface area (Å²) in [6.07, 6.45) is 0. The smallest absolute Gasteiger partial charge is 0.116 e. The molecule has 1 aromatic heterocycles. The summed E-state index contributed by atoms with van der Waals surface area (Å²) < 4.78 is 4.99. The van der Waals surface area contributed by atoms with Gasteiger partial charge in [-0.1, -0.05) is 18.2 Å². The number of methoxy groups -OCH3 is 1. The molecule has 2 rings (SSSR count). The number of aryl methyl sites for hydroxylation is 1. The van der Waals surface area contributed by atoms with Gasteiger partial charge in [-0.3, -0.25) is 0 Å². The van der Waals surface area contributed by atoms with E-state index in [2.05, 4.69) is 29.4 Å². The van der Waals surface area contributed by atoms with E-state index < -0.39 is 0 Å². The van der Waals surface area contributed by atoms with Gasteiger partial charge in [-0.25, -0.2) is 0 Å². The molecule has 0 saturated heterocycles. The number of aromatic amines is 1. The molecule has 0 saturated carbocycles. The largest absolute Gasteiger partial charge is 0.365 e. The number of aromatic nitrogens is 1. The van der Waals surface area contributed by atoms with Crippen molar-refractivity contribution in [3.8, 4) is 0 Å². The summed E-state index contributed by atoms with van der Waals surface area (Å²) in [4.78, 5) is 3.32. The van der Waals surface area contributed by atoms with E-state index in [9.17, 15) is 0 Å². The number of hydrogen-bond donors (Lipinski definition) is 2. The second-order valence-electron chi connectivity index (χ2n) is 3.28. The zero-order chi connectivity index (χ0) is 9.97. The van der Waals surface area contributed by atoms with Gasteiger partial charge < -0.3 is 15.0 Å². The highest BCUT2D eigenvalue weighted by atomic mass is 16.5. The molecule has 1 aromatic carbocycles. The van der Waals surface area contributed by atoms with E-state index in [4.69, 9.17) is 4.74 Å². The van der Waals surface area contributed by atoms with Crippen LogP contribution in [0.3, 0.4) is 0 Å². The van der Waals surface area contributed by atoms with Crippen molar-refractivity contribution >= 4 is 16.6 Å². The SMILES string of the molecule is COCNc1c(C)[nH]c2ccccc12. The van der Waals surface area contributed by atoms with Crippen molar-refractivity contribution in [1.29, 1.82) is 0 Å². The molecule has 0 atom stereocenters. The Morgan fingerprint density at radius 2 is 2.14 bits per heavy atom. The Morgan fingerprint density at radius 1 is 1.36 bits per heavy atom. The van der Waals surface area contributed by atoms with Crippen LogP contribution in [0.15, 0.2) is 24.3 Å². The molecule has 0 unspecified atom stereocenters. The van der Waals surface area contributed by atoms with E-state index in [0.717, 1.165) is 16.9 Å². The Balaban J connectivity index is 2.45. The number of fused-ring (bicyclic) bond motifs is 1. The van der Waals surface area contributed by atoms with Crippen molar-refractivity contribution in [3.05, 3.63) is 30.0 Å². The molecule has 3 heteroatoms. The van der Waals surface area contributed by atoms with Crippen molar-refractivity contribution in [2.24, 2.45) is 0 Å². The van der Waals surface area contributed by atoms with Gasteiger partial charge in [0, 0.05) is 23.7 Å². The van der Waals surface area contributed by atoms with Crippen molar-refractivity contribution < 1.29 is 4.74 Å². The second-order valence-corrected chi connectivity index (χ2v) is 3.28. The predicted molar refractivity (Wildman–Crippen MR) is 58.5 cm³/mol. The molecule has 1 heterocycles. The minimum absolute atomic E-state index is 0.530. The van der Waals surface area contributed by atoms with Gasteiger partial charge in [-0.2, -0.15) is 0 Å². The van der Waals surface area contributed by atoms with Crippen LogP contribution in [0.4, 0.5) is 5.69 Å². The van der Waals surface area contributed by atoms with Gasteiger partial charge in [0.05, 0.1) is 5.69 Å². The summed E-state index contributed by atoms with van der Waals surface area (Å²) in [6, 6.07) is 8.23. The maximum Gasteiger partial charge on any atom is 0.116 e. The van der Waals surface area contributed by atoms with Crippen LogP contribution in [0.25, 0.3) is 10.9 Å². The fourth-order valence-electron chi connectivity index (χ4n) is 1.65. The van der Waals surface area contributed by atoms with Gasteiger partial charge in [-0.15, -0.1) is 0 Å². The molecule has 0 bridgehead atoms. The zero-order valence-electron chi connectivity index (χ0n) is 8.42. The number of H-pyrrole nitrogens is 1. The third kappa shape index (κ3) is 1.46. The Hall–Kier alpha value is -1.48. The number of rotatable bonds is 3. The normalized spacial score (nSPS) is 10.7. The van der Waals surface area contributed by atoms with Crippen LogP contribution in [-0.2, 0) is 4.74 Å². The van der Waals surface area contributed by atoms with Crippen LogP contribution in [-0.4, -0.2) is 18.8 Å². The van der Waals surface area contributed by atoms with Gasteiger partial charge in [0.15, 0.2) is 0 Å². The van der Waals surface area contributed by atoms with E-state index in [-0.39, 0.29) is 0 Å². The lowest BCUT2D eigenvalue weighted by Crippen LogP contribution is -2.03. The van der Waals surface area contributed by atoms with Crippen LogP contribution in [0.1, 0.15) is 5.69 Å². The molecule has 2 aromatic rings. The summed E-state index contributed by atoms with van der Waals surface area (Å²) in [6.45, 7) is 2.58. The number of para-hydroxylation sites is 1. The molecular formula is C11H14N2O. The van der Waals surface area contributed by atoms with Crippen LogP contribution in [0.2, 0.25) is 0 Å². The number of hydrogen-bond acceptors (Lipinski definition) is 2. The van der Waals surface area contributed by atoms with E-state index >= 15 is 0 Å². The Labute approximate surface area is 83.1 Å². The molecule has 14 heavy (non-hydrogen) atoms. The van der Waals surface area contributed by atoms with Gasteiger partial charge in [0.2, 0.25) is 0 Å². The van der Waals surface area contributed by atoms with Crippen molar-refractivity contribution in [1.82, 2.24) is 4.98 Å². The van der Waals surface area contributed by atoms with Gasteiger partial charge in [-0.05, 0) is 13.0 Å². The summed E-state index contributed by atoms with van der Waals surface area (Å²) >= 11 is 0. The van der Waals surface area contributed by atoms with Crippen molar-refractivity contribution in [2.75, 3.05) is 19.2 Å². The third-order valence-corrected chi connectivity index (χ3v) is 2.29. The average molecular weight is 190 g/mol. The molecule has 74 valence electrons. The summed E-state index contributed by atoms with van der Waals surface area (Å²) in [5.41, 5.74) is 3.43. The topological polar surface area (TPSA) is 37.0 Å². The van der Waals surface area contributed by atoms with Crippen molar-refractivity contribution in [2.45, 2.75) is 6.92 Å². The van der Waals surface area contributed by atoms with Gasteiger partial charge >= 0.3 is 0 Å². The summed E-state index contributed by atoms with van der Waals surface area (Å²) in [5, 5.41) is 4.44. The van der Waals surface area contributed by atoms with E-state index in [0.29, 0.717) is 6.73 Å². The second kappa shape index (κ2) is 3.72. The lowest BCUT2D eigenvalue weighted by molar-refractivity contribution is 0.221. The Morgan fingerprint density at radius 3 is 2.93 bits per heavy atom. The minimum Gasteiger partial charge on any atom is -0.365 e. The third-order valence-electron chi connectivity index (χ3n) is 2.29. The first kappa shape index (κ1) is 9.09. The van der Waals surface area contributed by atoms with E-state index in [1.165, 1.54) is 5.39 Å². The highest BCUT2D eigenvalue weighted by Crippen LogP contribution is 2.26. The molecule has 0 spiro atoms. The number of benzene rings is 1. The van der Waals surface area contributed by atoms with Gasteiger partial charge in [0.25, 0.3) is 0 Å². The molecule has 0 aliphatic heterocycles. The standard InChI is InChI=1S/C11H14N2O/c1-8-11(12-7-14-2)9-5-3-4-6-10(9)13-8/h3-6,12-13H,7H2,1-2H3. The molecule has 2 N–H and O–H groups in total. The highest BCUT2D eigenvalue weighted by Gasteiger charge is 2.05. The number of nitrogens with one attached hydrogen (secondary N) is 2. The number of ether oxygens (including phenoxy) is 1. The monoisotopic (exact) mass is 190 g/mol. The maximum absolute atomic E-state index is 4.99. The van der Waals surface area contributed by atoms with E-state index in [1.54, 1.807) is 7.11 Å². The first-order chi connectivity index (χ1) is 6.83. The molecule has 3 nitrogen and oxygen atoms in total. The lowest BCUT2D eigenvalue weighted by atomic mass is 10.2. The maximum atomic E-state index is 4.99. The number of anilines is 1. The summed E-state index contributed by atoms with van der Waals surface area (Å²) in [5.74, 6) is 0. The highest BCUT2D eigenvalue weighted by molar-refractivity contribution is 5.94. The quantitative estimate of drug-likeness (QED) is 0.729. The fraction of sp³-hybridized carbons (Fsp3) is 0.273. The zero-order valence-corrected chi connectivity index (χ0v) is 8.42. The average Bonchev–Trinajstić information content (AvgIpc) is 2.51. The van der Waals surface area contributed by atoms with Crippen molar-refractivity contribution in [3.63, 3.8) is 0 Å².